The third kappa shape index (κ3) is 2.85. The summed E-state index contributed by atoms with van der Waals surface area (Å²) in [4.78, 5) is 1.36. The molecule has 0 spiro atoms. The molecule has 0 radical (unpaired) electrons. The molecule has 1 N–H and O–H groups in total. The third-order valence-corrected chi connectivity index (χ3v) is 4.79. The molecule has 1 unspecified atom stereocenters. The van der Waals surface area contributed by atoms with E-state index in [1.165, 1.54) is 16.0 Å². The molecule has 0 aliphatic carbocycles. The lowest BCUT2D eigenvalue weighted by molar-refractivity contribution is 0.351. The summed E-state index contributed by atoms with van der Waals surface area (Å²) in [5.74, 6) is 1.05. The molecular formula is C16H18ClNOS. The Kier molecular flexibility index (Phi) is 4.29. The lowest BCUT2D eigenvalue weighted by Gasteiger charge is -2.18. The lowest BCUT2D eigenvalue weighted by Crippen LogP contribution is -2.22. The molecule has 2 nitrogen and oxygen atoms in total. The molecular weight excluding hydrogens is 290 g/mol. The summed E-state index contributed by atoms with van der Waals surface area (Å²) < 4.78 is 5.80. The third-order valence-electron chi connectivity index (χ3n) is 3.59. The molecule has 1 atom stereocenters. The van der Waals surface area contributed by atoms with Gasteiger partial charge in [0.15, 0.2) is 0 Å². The smallest absolute Gasteiger partial charge is 0.125 e. The molecule has 0 amide bonds. The molecule has 0 bridgehead atoms. The molecule has 2 heterocycles. The van der Waals surface area contributed by atoms with Crippen LogP contribution in [0.2, 0.25) is 5.02 Å². The fourth-order valence-corrected chi connectivity index (χ4v) is 3.79. The maximum Gasteiger partial charge on any atom is 0.125 e. The van der Waals surface area contributed by atoms with Gasteiger partial charge >= 0.3 is 0 Å². The van der Waals surface area contributed by atoms with Crippen LogP contribution in [-0.2, 0) is 12.8 Å². The van der Waals surface area contributed by atoms with Crippen LogP contribution in [0, 0.1) is 0 Å². The summed E-state index contributed by atoms with van der Waals surface area (Å²) >= 11 is 8.03. The van der Waals surface area contributed by atoms with Crippen molar-refractivity contribution in [2.75, 3.05) is 13.2 Å². The average Bonchev–Trinajstić information content (AvgIpc) is 3.08. The SMILES string of the molecule is CCNC(Cc1cc(Cl)cc2c1OCC2)c1cccs1. The number of hydrogen-bond donors (Lipinski definition) is 1. The summed E-state index contributed by atoms with van der Waals surface area (Å²) in [5.41, 5.74) is 2.46. The molecule has 1 aliphatic rings. The van der Waals surface area contributed by atoms with E-state index in [0.717, 1.165) is 36.8 Å². The number of nitrogens with one attached hydrogen (secondary N) is 1. The summed E-state index contributed by atoms with van der Waals surface area (Å²) in [6.45, 7) is 3.86. The van der Waals surface area contributed by atoms with E-state index >= 15 is 0 Å². The molecule has 1 aromatic heterocycles. The fraction of sp³-hybridized carbons (Fsp3) is 0.375. The van der Waals surface area contributed by atoms with Gasteiger partial charge in [-0.1, -0.05) is 24.6 Å². The van der Waals surface area contributed by atoms with Crippen LogP contribution < -0.4 is 10.1 Å². The van der Waals surface area contributed by atoms with Gasteiger partial charge in [-0.3, -0.25) is 0 Å². The number of ether oxygens (including phenoxy) is 1. The standard InChI is InChI=1S/C16H18ClNOS/c1-2-18-14(15-4-3-7-20-15)10-12-9-13(17)8-11-5-6-19-16(11)12/h3-4,7-9,14,18H,2,5-6,10H2,1H3. The highest BCUT2D eigenvalue weighted by molar-refractivity contribution is 7.10. The van der Waals surface area contributed by atoms with Crippen molar-refractivity contribution < 1.29 is 4.74 Å². The van der Waals surface area contributed by atoms with Crippen LogP contribution in [0.15, 0.2) is 29.6 Å². The topological polar surface area (TPSA) is 21.3 Å². The van der Waals surface area contributed by atoms with Crippen molar-refractivity contribution >= 4 is 22.9 Å². The Morgan fingerprint density at radius 3 is 3.10 bits per heavy atom. The first-order valence-electron chi connectivity index (χ1n) is 6.99. The molecule has 20 heavy (non-hydrogen) atoms. The van der Waals surface area contributed by atoms with Gasteiger partial charge in [0.25, 0.3) is 0 Å². The van der Waals surface area contributed by atoms with Crippen molar-refractivity contribution in [2.45, 2.75) is 25.8 Å². The van der Waals surface area contributed by atoms with Crippen LogP contribution in [0.25, 0.3) is 0 Å². The predicted molar refractivity (Wildman–Crippen MR) is 85.1 cm³/mol. The van der Waals surface area contributed by atoms with Crippen LogP contribution >= 0.6 is 22.9 Å². The normalized spacial score (nSPS) is 14.9. The quantitative estimate of drug-likeness (QED) is 0.892. The van der Waals surface area contributed by atoms with Crippen molar-refractivity contribution in [1.82, 2.24) is 5.32 Å². The molecule has 1 aliphatic heterocycles. The molecule has 0 fully saturated rings. The monoisotopic (exact) mass is 307 g/mol. The Morgan fingerprint density at radius 2 is 2.35 bits per heavy atom. The van der Waals surface area contributed by atoms with Gasteiger partial charge in [-0.2, -0.15) is 0 Å². The Bertz CT molecular complexity index is 582. The Hall–Kier alpha value is -1.03. The molecule has 2 aromatic rings. The van der Waals surface area contributed by atoms with E-state index in [4.69, 9.17) is 16.3 Å². The first-order valence-corrected chi connectivity index (χ1v) is 8.24. The van der Waals surface area contributed by atoms with E-state index in [0.29, 0.717) is 6.04 Å². The van der Waals surface area contributed by atoms with Gasteiger partial charge in [-0.25, -0.2) is 0 Å². The van der Waals surface area contributed by atoms with Crippen molar-refractivity contribution in [3.05, 3.63) is 50.7 Å². The minimum Gasteiger partial charge on any atom is -0.493 e. The average molecular weight is 308 g/mol. The number of hydrogen-bond acceptors (Lipinski definition) is 3. The minimum absolute atomic E-state index is 0.326. The van der Waals surface area contributed by atoms with Crippen molar-refractivity contribution in [1.29, 1.82) is 0 Å². The predicted octanol–water partition coefficient (Wildman–Crippen LogP) is 4.23. The summed E-state index contributed by atoms with van der Waals surface area (Å²) in [6, 6.07) is 8.68. The van der Waals surface area contributed by atoms with Gasteiger partial charge < -0.3 is 10.1 Å². The zero-order valence-electron chi connectivity index (χ0n) is 11.5. The van der Waals surface area contributed by atoms with Gasteiger partial charge in [0, 0.05) is 22.4 Å². The van der Waals surface area contributed by atoms with Crippen LogP contribution in [0.1, 0.15) is 29.0 Å². The second kappa shape index (κ2) is 6.17. The van der Waals surface area contributed by atoms with Gasteiger partial charge in [-0.15, -0.1) is 11.3 Å². The Labute approximate surface area is 128 Å². The van der Waals surface area contributed by atoms with Crippen LogP contribution in [0.4, 0.5) is 0 Å². The van der Waals surface area contributed by atoms with E-state index < -0.39 is 0 Å². The zero-order chi connectivity index (χ0) is 13.9. The molecule has 4 heteroatoms. The van der Waals surface area contributed by atoms with Crippen LogP contribution in [0.3, 0.4) is 0 Å². The van der Waals surface area contributed by atoms with E-state index in [1.54, 1.807) is 11.3 Å². The van der Waals surface area contributed by atoms with Gasteiger partial charge in [-0.05, 0) is 47.7 Å². The van der Waals surface area contributed by atoms with E-state index in [-0.39, 0.29) is 0 Å². The number of fused-ring (bicyclic) bond motifs is 1. The lowest BCUT2D eigenvalue weighted by atomic mass is 10.0. The number of halogens is 1. The van der Waals surface area contributed by atoms with Crippen LogP contribution in [-0.4, -0.2) is 13.2 Å². The maximum atomic E-state index is 6.24. The largest absolute Gasteiger partial charge is 0.493 e. The van der Waals surface area contributed by atoms with Crippen molar-refractivity contribution in [2.24, 2.45) is 0 Å². The van der Waals surface area contributed by atoms with Crippen molar-refractivity contribution in [3.63, 3.8) is 0 Å². The maximum absolute atomic E-state index is 6.24. The molecule has 0 saturated heterocycles. The number of likely N-dealkylation sites (N-methyl/N-ethyl adjacent to an activating group) is 1. The summed E-state index contributed by atoms with van der Waals surface area (Å²) in [7, 11) is 0. The highest BCUT2D eigenvalue weighted by Gasteiger charge is 2.21. The van der Waals surface area contributed by atoms with Crippen molar-refractivity contribution in [3.8, 4) is 5.75 Å². The summed E-state index contributed by atoms with van der Waals surface area (Å²) in [5, 5.41) is 6.49. The highest BCUT2D eigenvalue weighted by atomic mass is 35.5. The first-order chi connectivity index (χ1) is 9.78. The molecule has 3 rings (SSSR count). The number of benzene rings is 1. The minimum atomic E-state index is 0.326. The van der Waals surface area contributed by atoms with Gasteiger partial charge in [0.1, 0.15) is 5.75 Å². The van der Waals surface area contributed by atoms with E-state index in [2.05, 4.69) is 29.8 Å². The Balaban J connectivity index is 1.89. The van der Waals surface area contributed by atoms with E-state index in [1.807, 2.05) is 12.1 Å². The number of rotatable bonds is 5. The highest BCUT2D eigenvalue weighted by Crippen LogP contribution is 2.35. The van der Waals surface area contributed by atoms with Gasteiger partial charge in [0.2, 0.25) is 0 Å². The Morgan fingerprint density at radius 1 is 1.45 bits per heavy atom. The molecule has 1 aromatic carbocycles. The van der Waals surface area contributed by atoms with Crippen LogP contribution in [0.5, 0.6) is 5.75 Å². The van der Waals surface area contributed by atoms with Gasteiger partial charge in [0.05, 0.1) is 6.61 Å². The first kappa shape index (κ1) is 13.9. The second-order valence-corrected chi connectivity index (χ2v) is 6.40. The summed E-state index contributed by atoms with van der Waals surface area (Å²) in [6.07, 6.45) is 1.88. The molecule has 106 valence electrons. The zero-order valence-corrected chi connectivity index (χ0v) is 13.1. The van der Waals surface area contributed by atoms with E-state index in [9.17, 15) is 0 Å². The fourth-order valence-electron chi connectivity index (χ4n) is 2.73. The number of thiophene rings is 1. The molecule has 0 saturated carbocycles. The second-order valence-electron chi connectivity index (χ2n) is 4.98.